The van der Waals surface area contributed by atoms with E-state index in [-0.39, 0.29) is 11.8 Å². The molecule has 0 aliphatic carbocycles. The van der Waals surface area contributed by atoms with Gasteiger partial charge in [0.25, 0.3) is 0 Å². The van der Waals surface area contributed by atoms with Crippen LogP contribution in [0.2, 0.25) is 0 Å². The van der Waals surface area contributed by atoms with Crippen LogP contribution in [0.15, 0.2) is 48.7 Å². The Morgan fingerprint density at radius 2 is 2.19 bits per heavy atom. The lowest BCUT2D eigenvalue weighted by atomic mass is 9.93. The molecule has 0 saturated heterocycles. The van der Waals surface area contributed by atoms with E-state index >= 15 is 0 Å². The third kappa shape index (κ3) is 3.52. The van der Waals surface area contributed by atoms with Crippen LogP contribution in [0.3, 0.4) is 0 Å². The van der Waals surface area contributed by atoms with E-state index in [0.717, 1.165) is 27.6 Å². The van der Waals surface area contributed by atoms with Crippen LogP contribution in [-0.2, 0) is 17.9 Å². The van der Waals surface area contributed by atoms with Gasteiger partial charge in [-0.1, -0.05) is 18.2 Å². The Kier molecular flexibility index (Phi) is 4.53. The molecule has 0 bridgehead atoms. The molecule has 0 fully saturated rings. The molecule has 1 aliphatic rings. The molecule has 1 aliphatic heterocycles. The highest BCUT2D eigenvalue weighted by atomic mass is 32.1. The first-order valence-corrected chi connectivity index (χ1v) is 9.15. The number of rotatable bonds is 4. The molecule has 0 spiro atoms. The van der Waals surface area contributed by atoms with Crippen LogP contribution in [0.4, 0.5) is 5.13 Å². The van der Waals surface area contributed by atoms with Crippen molar-refractivity contribution in [2.24, 2.45) is 0 Å². The average molecular weight is 366 g/mol. The number of carbonyl (C=O) groups excluding carboxylic acids is 1. The summed E-state index contributed by atoms with van der Waals surface area (Å²) in [6.45, 7) is 0.822. The molecule has 0 radical (unpaired) electrons. The Balaban J connectivity index is 1.60. The van der Waals surface area contributed by atoms with Crippen LogP contribution >= 0.6 is 11.3 Å². The largest absolute Gasteiger partial charge is 0.487 e. The fourth-order valence-corrected chi connectivity index (χ4v) is 4.02. The number of ether oxygens (including phenoxy) is 1. The van der Waals surface area contributed by atoms with Crippen LogP contribution < -0.4 is 15.8 Å². The normalized spacial score (nSPS) is 16.5. The topological polar surface area (TPSA) is 90.1 Å². The van der Waals surface area contributed by atoms with Gasteiger partial charge in [0.05, 0.1) is 17.9 Å². The third-order valence-electron chi connectivity index (χ3n) is 4.28. The molecule has 1 unspecified atom stereocenters. The third-order valence-corrected chi connectivity index (χ3v) is 5.32. The van der Waals surface area contributed by atoms with Gasteiger partial charge in [0, 0.05) is 23.4 Å². The van der Waals surface area contributed by atoms with Crippen molar-refractivity contribution in [3.8, 4) is 5.75 Å². The molecule has 0 saturated carbocycles. The van der Waals surface area contributed by atoms with E-state index in [2.05, 4.69) is 15.3 Å². The van der Waals surface area contributed by atoms with Crippen LogP contribution in [0.1, 0.15) is 34.2 Å². The summed E-state index contributed by atoms with van der Waals surface area (Å²) in [5.74, 6) is 0.691. The van der Waals surface area contributed by atoms with Crippen molar-refractivity contribution in [3.05, 3.63) is 70.5 Å². The number of pyridine rings is 1. The standard InChI is InChI=1S/C19H18N4O2S/c20-19-23-16-10-22-17(24)9-15(18(16)26-19)12-4-3-6-14(8-12)25-11-13-5-1-2-7-21-13/h1-8,15H,9-11H2,(H2,20,23)(H,22,24). The summed E-state index contributed by atoms with van der Waals surface area (Å²) in [5, 5.41) is 3.41. The van der Waals surface area contributed by atoms with Gasteiger partial charge in [0.2, 0.25) is 5.91 Å². The number of benzene rings is 1. The molecule has 3 heterocycles. The summed E-state index contributed by atoms with van der Waals surface area (Å²) in [5.41, 5.74) is 8.62. The number of aromatic nitrogens is 2. The molecule has 4 rings (SSSR count). The maximum Gasteiger partial charge on any atom is 0.221 e. The van der Waals surface area contributed by atoms with Crippen molar-refractivity contribution in [1.82, 2.24) is 15.3 Å². The second-order valence-corrected chi connectivity index (χ2v) is 7.14. The van der Waals surface area contributed by atoms with Gasteiger partial charge in [-0.15, -0.1) is 11.3 Å². The van der Waals surface area contributed by atoms with E-state index in [9.17, 15) is 4.79 Å². The van der Waals surface area contributed by atoms with E-state index < -0.39 is 0 Å². The Morgan fingerprint density at radius 1 is 1.27 bits per heavy atom. The van der Waals surface area contributed by atoms with Crippen LogP contribution in [-0.4, -0.2) is 15.9 Å². The molecule has 1 atom stereocenters. The van der Waals surface area contributed by atoms with E-state index in [1.54, 1.807) is 6.20 Å². The van der Waals surface area contributed by atoms with Gasteiger partial charge in [-0.3, -0.25) is 9.78 Å². The number of hydrogen-bond donors (Lipinski definition) is 2. The number of anilines is 1. The lowest BCUT2D eigenvalue weighted by Crippen LogP contribution is -2.21. The maximum absolute atomic E-state index is 12.1. The number of thiazole rings is 1. The minimum atomic E-state index is -0.0688. The molecule has 2 aromatic heterocycles. The van der Waals surface area contributed by atoms with Gasteiger partial charge >= 0.3 is 0 Å². The Bertz CT molecular complexity index is 926. The lowest BCUT2D eigenvalue weighted by Gasteiger charge is -2.15. The van der Waals surface area contributed by atoms with Gasteiger partial charge in [-0.05, 0) is 29.8 Å². The SMILES string of the molecule is Nc1nc2c(s1)C(c1cccc(OCc3ccccn3)c1)CC(=O)NC2. The number of nitrogens with zero attached hydrogens (tertiary/aromatic N) is 2. The number of hydrogen-bond acceptors (Lipinski definition) is 6. The minimum Gasteiger partial charge on any atom is -0.487 e. The van der Waals surface area contributed by atoms with Crippen molar-refractivity contribution in [2.45, 2.75) is 25.5 Å². The number of nitrogens with two attached hydrogens (primary N) is 1. The monoisotopic (exact) mass is 366 g/mol. The molecule has 3 aromatic rings. The molecular formula is C19H18N4O2S. The highest BCUT2D eigenvalue weighted by Gasteiger charge is 2.27. The van der Waals surface area contributed by atoms with Gasteiger partial charge in [0.15, 0.2) is 5.13 Å². The zero-order valence-corrected chi connectivity index (χ0v) is 14.8. The van der Waals surface area contributed by atoms with Gasteiger partial charge in [0.1, 0.15) is 12.4 Å². The van der Waals surface area contributed by atoms with Crippen molar-refractivity contribution < 1.29 is 9.53 Å². The molecule has 26 heavy (non-hydrogen) atoms. The molecule has 1 aromatic carbocycles. The number of amides is 1. The number of carbonyl (C=O) groups is 1. The summed E-state index contributed by atoms with van der Waals surface area (Å²) in [6, 6.07) is 13.6. The summed E-state index contributed by atoms with van der Waals surface area (Å²) in [7, 11) is 0. The Labute approximate surface area is 155 Å². The Morgan fingerprint density at radius 3 is 3.04 bits per heavy atom. The van der Waals surface area contributed by atoms with Crippen molar-refractivity contribution >= 4 is 22.4 Å². The van der Waals surface area contributed by atoms with Crippen molar-refractivity contribution in [1.29, 1.82) is 0 Å². The van der Waals surface area contributed by atoms with Crippen molar-refractivity contribution in [3.63, 3.8) is 0 Å². The molecular weight excluding hydrogens is 348 g/mol. The fourth-order valence-electron chi connectivity index (χ4n) is 3.05. The summed E-state index contributed by atoms with van der Waals surface area (Å²) < 4.78 is 5.87. The first kappa shape index (κ1) is 16.5. The second-order valence-electron chi connectivity index (χ2n) is 6.08. The predicted octanol–water partition coefficient (Wildman–Crippen LogP) is 2.85. The van der Waals surface area contributed by atoms with Gasteiger partial charge in [-0.25, -0.2) is 4.98 Å². The highest BCUT2D eigenvalue weighted by molar-refractivity contribution is 7.15. The smallest absolute Gasteiger partial charge is 0.221 e. The van der Waals surface area contributed by atoms with Crippen molar-refractivity contribution in [2.75, 3.05) is 5.73 Å². The zero-order valence-electron chi connectivity index (χ0n) is 14.0. The number of nitrogen functional groups attached to an aromatic ring is 1. The molecule has 132 valence electrons. The molecule has 6 nitrogen and oxygen atoms in total. The van der Waals surface area contributed by atoms with E-state index in [0.29, 0.717) is 24.7 Å². The fraction of sp³-hybridized carbons (Fsp3) is 0.211. The van der Waals surface area contributed by atoms with Gasteiger partial charge < -0.3 is 15.8 Å². The predicted molar refractivity (Wildman–Crippen MR) is 99.8 cm³/mol. The van der Waals surface area contributed by atoms with Crippen LogP contribution in [0.25, 0.3) is 0 Å². The van der Waals surface area contributed by atoms with E-state index in [1.165, 1.54) is 11.3 Å². The minimum absolute atomic E-state index is 0.0126. The van der Waals surface area contributed by atoms with Crippen LogP contribution in [0, 0.1) is 0 Å². The summed E-state index contributed by atoms with van der Waals surface area (Å²) in [4.78, 5) is 21.8. The summed E-state index contributed by atoms with van der Waals surface area (Å²) in [6.07, 6.45) is 2.12. The Hall–Kier alpha value is -2.93. The second kappa shape index (κ2) is 7.13. The number of fused-ring (bicyclic) bond motifs is 1. The number of nitrogens with one attached hydrogen (secondary N) is 1. The van der Waals surface area contributed by atoms with Gasteiger partial charge in [-0.2, -0.15) is 0 Å². The lowest BCUT2D eigenvalue weighted by molar-refractivity contribution is -0.121. The first-order valence-electron chi connectivity index (χ1n) is 8.33. The molecule has 1 amide bonds. The first-order chi connectivity index (χ1) is 12.7. The quantitative estimate of drug-likeness (QED) is 0.741. The van der Waals surface area contributed by atoms with E-state index in [4.69, 9.17) is 10.5 Å². The van der Waals surface area contributed by atoms with E-state index in [1.807, 2.05) is 42.5 Å². The average Bonchev–Trinajstić information content (AvgIpc) is 2.97. The van der Waals surface area contributed by atoms with Crippen LogP contribution in [0.5, 0.6) is 5.75 Å². The molecule has 7 heteroatoms. The zero-order chi connectivity index (χ0) is 17.9. The summed E-state index contributed by atoms with van der Waals surface area (Å²) >= 11 is 1.45. The molecule has 3 N–H and O–H groups in total. The maximum atomic E-state index is 12.1. The highest BCUT2D eigenvalue weighted by Crippen LogP contribution is 2.38.